The van der Waals surface area contributed by atoms with Gasteiger partial charge in [-0.25, -0.2) is 9.78 Å². The zero-order valence-corrected chi connectivity index (χ0v) is 15.7. The highest BCUT2D eigenvalue weighted by Gasteiger charge is 2.16. The number of hydrogen-bond donors (Lipinski definition) is 2. The Morgan fingerprint density at radius 1 is 0.962 bits per heavy atom. The molecule has 3 rings (SSSR count). The molecule has 0 saturated heterocycles. The van der Waals surface area contributed by atoms with Crippen molar-refractivity contribution in [3.8, 4) is 21.7 Å². The minimum Gasteiger partial charge on any atom is -0.338 e. The normalized spacial score (nSPS) is 10.5. The summed E-state index contributed by atoms with van der Waals surface area (Å²) in [7, 11) is 0. The van der Waals surface area contributed by atoms with Gasteiger partial charge in [-0.2, -0.15) is 0 Å². The number of benzene rings is 2. The van der Waals surface area contributed by atoms with Crippen molar-refractivity contribution in [1.82, 2.24) is 10.3 Å². The van der Waals surface area contributed by atoms with Crippen LogP contribution in [0.25, 0.3) is 21.7 Å². The van der Waals surface area contributed by atoms with Crippen molar-refractivity contribution in [2.24, 2.45) is 0 Å². The van der Waals surface area contributed by atoms with Crippen LogP contribution in [0.3, 0.4) is 0 Å². The van der Waals surface area contributed by atoms with Crippen LogP contribution in [0.15, 0.2) is 60.7 Å². The van der Waals surface area contributed by atoms with Crippen molar-refractivity contribution in [3.63, 3.8) is 0 Å². The van der Waals surface area contributed by atoms with Gasteiger partial charge in [-0.05, 0) is 12.0 Å². The third-order valence-corrected chi connectivity index (χ3v) is 5.02. The number of unbranched alkanes of at least 4 members (excludes halogenated alkanes) is 2. The van der Waals surface area contributed by atoms with Crippen LogP contribution in [-0.4, -0.2) is 17.6 Å². The first kappa shape index (κ1) is 18.1. The molecule has 2 N–H and O–H groups in total. The molecular weight excluding hydrogens is 342 g/mol. The van der Waals surface area contributed by atoms with Gasteiger partial charge < -0.3 is 5.32 Å². The van der Waals surface area contributed by atoms with Crippen molar-refractivity contribution in [3.05, 3.63) is 60.7 Å². The second kappa shape index (κ2) is 9.15. The van der Waals surface area contributed by atoms with E-state index in [0.29, 0.717) is 11.7 Å². The fourth-order valence-electron chi connectivity index (χ4n) is 2.67. The largest absolute Gasteiger partial charge is 0.338 e. The first-order valence-corrected chi connectivity index (χ1v) is 9.76. The molecule has 0 aliphatic carbocycles. The van der Waals surface area contributed by atoms with Crippen molar-refractivity contribution in [2.75, 3.05) is 11.9 Å². The molecule has 1 heterocycles. The highest BCUT2D eigenvalue weighted by atomic mass is 32.1. The van der Waals surface area contributed by atoms with Crippen molar-refractivity contribution >= 4 is 22.5 Å². The molecule has 0 atom stereocenters. The van der Waals surface area contributed by atoms with Crippen molar-refractivity contribution in [2.45, 2.75) is 26.2 Å². The lowest BCUT2D eigenvalue weighted by Gasteiger charge is -2.04. The van der Waals surface area contributed by atoms with Crippen LogP contribution >= 0.6 is 11.3 Å². The number of rotatable bonds is 7. The molecular formula is C21H23N3OS. The summed E-state index contributed by atoms with van der Waals surface area (Å²) >= 11 is 1.50. The second-order valence-corrected chi connectivity index (χ2v) is 7.02. The molecule has 4 nitrogen and oxygen atoms in total. The lowest BCUT2D eigenvalue weighted by atomic mass is 10.1. The number of thiazole rings is 1. The van der Waals surface area contributed by atoms with Gasteiger partial charge in [-0.15, -0.1) is 0 Å². The van der Waals surface area contributed by atoms with E-state index in [4.69, 9.17) is 0 Å². The van der Waals surface area contributed by atoms with E-state index in [1.165, 1.54) is 11.3 Å². The first-order valence-electron chi connectivity index (χ1n) is 8.94. The molecule has 0 aliphatic rings. The Balaban J connectivity index is 1.82. The maximum Gasteiger partial charge on any atom is 0.321 e. The summed E-state index contributed by atoms with van der Waals surface area (Å²) in [6.45, 7) is 2.83. The van der Waals surface area contributed by atoms with E-state index in [1.54, 1.807) is 0 Å². The molecule has 134 valence electrons. The maximum absolute atomic E-state index is 12.1. The number of amides is 2. The molecule has 26 heavy (non-hydrogen) atoms. The molecule has 0 spiro atoms. The summed E-state index contributed by atoms with van der Waals surface area (Å²) in [4.78, 5) is 17.9. The van der Waals surface area contributed by atoms with Gasteiger partial charge in [-0.1, -0.05) is 91.8 Å². The molecule has 0 unspecified atom stereocenters. The van der Waals surface area contributed by atoms with Gasteiger partial charge in [0.2, 0.25) is 0 Å². The highest BCUT2D eigenvalue weighted by molar-refractivity contribution is 7.19. The summed E-state index contributed by atoms with van der Waals surface area (Å²) in [5.74, 6) is 0. The summed E-state index contributed by atoms with van der Waals surface area (Å²) in [6, 6.07) is 20.0. The molecule has 0 saturated carbocycles. The second-order valence-electron chi connectivity index (χ2n) is 6.02. The lowest BCUT2D eigenvalue weighted by molar-refractivity contribution is 0.252. The number of carbonyl (C=O) groups is 1. The minimum absolute atomic E-state index is 0.200. The summed E-state index contributed by atoms with van der Waals surface area (Å²) in [5.41, 5.74) is 3.03. The number of hydrogen-bond acceptors (Lipinski definition) is 3. The van der Waals surface area contributed by atoms with Gasteiger partial charge in [-0.3, -0.25) is 5.32 Å². The third kappa shape index (κ3) is 4.70. The van der Waals surface area contributed by atoms with E-state index in [2.05, 4.69) is 34.7 Å². The van der Waals surface area contributed by atoms with E-state index in [1.807, 2.05) is 48.5 Å². The average Bonchev–Trinajstić information content (AvgIpc) is 3.10. The zero-order chi connectivity index (χ0) is 18.2. The number of nitrogens with zero attached hydrogens (tertiary/aromatic N) is 1. The van der Waals surface area contributed by atoms with Crippen molar-refractivity contribution in [1.29, 1.82) is 0 Å². The Hall–Kier alpha value is -2.66. The van der Waals surface area contributed by atoms with Crippen LogP contribution in [-0.2, 0) is 0 Å². The van der Waals surface area contributed by atoms with Gasteiger partial charge in [0.05, 0.1) is 10.6 Å². The van der Waals surface area contributed by atoms with E-state index in [0.717, 1.165) is 41.0 Å². The van der Waals surface area contributed by atoms with Crippen LogP contribution in [0.5, 0.6) is 0 Å². The minimum atomic E-state index is -0.200. The Morgan fingerprint density at radius 2 is 1.62 bits per heavy atom. The van der Waals surface area contributed by atoms with Crippen LogP contribution < -0.4 is 10.6 Å². The fourth-order valence-corrected chi connectivity index (χ4v) is 3.66. The zero-order valence-electron chi connectivity index (χ0n) is 14.9. The van der Waals surface area contributed by atoms with Gasteiger partial charge in [0.15, 0.2) is 5.13 Å². The molecule has 0 bridgehead atoms. The van der Waals surface area contributed by atoms with Gasteiger partial charge in [0.1, 0.15) is 0 Å². The van der Waals surface area contributed by atoms with Crippen LogP contribution in [0.1, 0.15) is 26.2 Å². The van der Waals surface area contributed by atoms with E-state index < -0.39 is 0 Å². The van der Waals surface area contributed by atoms with E-state index in [9.17, 15) is 4.79 Å². The predicted octanol–water partition coefficient (Wildman–Crippen LogP) is 5.79. The highest BCUT2D eigenvalue weighted by Crippen LogP contribution is 2.38. The fraction of sp³-hybridized carbons (Fsp3) is 0.238. The van der Waals surface area contributed by atoms with E-state index in [-0.39, 0.29) is 6.03 Å². The molecule has 5 heteroatoms. The van der Waals surface area contributed by atoms with Gasteiger partial charge in [0, 0.05) is 12.1 Å². The summed E-state index contributed by atoms with van der Waals surface area (Å²) in [6.07, 6.45) is 3.25. The molecule has 0 aliphatic heterocycles. The number of anilines is 1. The smallest absolute Gasteiger partial charge is 0.321 e. The number of nitrogens with one attached hydrogen (secondary N) is 2. The first-order chi connectivity index (χ1) is 12.8. The van der Waals surface area contributed by atoms with E-state index >= 15 is 0 Å². The van der Waals surface area contributed by atoms with Gasteiger partial charge in [0.25, 0.3) is 0 Å². The SMILES string of the molecule is CCCCCNC(=O)Nc1nc(-c2ccccc2)c(-c2ccccc2)s1. The van der Waals surface area contributed by atoms with Crippen LogP contribution in [0, 0.1) is 0 Å². The lowest BCUT2D eigenvalue weighted by Crippen LogP contribution is -2.29. The molecule has 0 radical (unpaired) electrons. The average molecular weight is 366 g/mol. The molecule has 1 aromatic heterocycles. The number of carbonyl (C=O) groups excluding carboxylic acids is 1. The third-order valence-electron chi connectivity index (χ3n) is 4.00. The number of aromatic nitrogens is 1. The molecule has 3 aromatic rings. The Morgan fingerprint density at radius 3 is 2.27 bits per heavy atom. The Labute approximate surface area is 158 Å². The maximum atomic E-state index is 12.1. The quantitative estimate of drug-likeness (QED) is 0.521. The van der Waals surface area contributed by atoms with Crippen LogP contribution in [0.2, 0.25) is 0 Å². The standard InChI is InChI=1S/C21H23N3OS/c1-2-3-10-15-22-20(25)24-21-23-18(16-11-6-4-7-12-16)19(26-21)17-13-8-5-9-14-17/h4-9,11-14H,2-3,10,15H2,1H3,(H2,22,23,24,25). The topological polar surface area (TPSA) is 54.0 Å². The Kier molecular flexibility index (Phi) is 6.39. The molecule has 0 fully saturated rings. The van der Waals surface area contributed by atoms with Crippen molar-refractivity contribution < 1.29 is 4.79 Å². The summed E-state index contributed by atoms with van der Waals surface area (Å²) in [5, 5.41) is 6.37. The number of urea groups is 1. The summed E-state index contributed by atoms with van der Waals surface area (Å²) < 4.78 is 0. The Bertz CT molecular complexity index is 774. The molecule has 2 amide bonds. The monoisotopic (exact) mass is 365 g/mol. The van der Waals surface area contributed by atoms with Gasteiger partial charge >= 0.3 is 6.03 Å². The molecule has 2 aromatic carbocycles. The van der Waals surface area contributed by atoms with Crippen LogP contribution in [0.4, 0.5) is 9.93 Å². The predicted molar refractivity (Wildman–Crippen MR) is 110 cm³/mol.